The van der Waals surface area contributed by atoms with Gasteiger partial charge in [0.15, 0.2) is 5.69 Å². The third-order valence-electron chi connectivity index (χ3n) is 5.20. The third kappa shape index (κ3) is 3.96. The number of rotatable bonds is 5. The average Bonchev–Trinajstić information content (AvgIpc) is 3.39. The van der Waals surface area contributed by atoms with E-state index in [-0.39, 0.29) is 22.7 Å². The van der Waals surface area contributed by atoms with Gasteiger partial charge < -0.3 is 10.2 Å². The first-order valence-corrected chi connectivity index (χ1v) is 10.1. The fraction of sp³-hybridized carbons (Fsp3) is 0.333. The molecule has 0 saturated carbocycles. The lowest BCUT2D eigenvalue weighted by molar-refractivity contribution is 0.0935. The molecule has 0 aliphatic carbocycles. The van der Waals surface area contributed by atoms with Crippen LogP contribution in [0.4, 0.5) is 5.95 Å². The molecule has 4 rings (SSSR count). The topological polar surface area (TPSA) is 75.9 Å². The van der Waals surface area contributed by atoms with Gasteiger partial charge in [0.1, 0.15) is 0 Å². The second-order valence-corrected chi connectivity index (χ2v) is 7.60. The quantitative estimate of drug-likeness (QED) is 0.693. The Morgan fingerprint density at radius 2 is 1.90 bits per heavy atom. The van der Waals surface area contributed by atoms with Crippen LogP contribution in [0.15, 0.2) is 42.7 Å². The van der Waals surface area contributed by atoms with Gasteiger partial charge in [-0.05, 0) is 38.8 Å². The van der Waals surface area contributed by atoms with Crippen LogP contribution in [-0.2, 0) is 0 Å². The summed E-state index contributed by atoms with van der Waals surface area (Å²) in [6, 6.07) is 9.64. The van der Waals surface area contributed by atoms with Gasteiger partial charge in [0, 0.05) is 24.3 Å². The molecule has 2 aromatic heterocycles. The van der Waals surface area contributed by atoms with E-state index in [1.54, 1.807) is 6.20 Å². The largest absolute Gasteiger partial charge is 0.344 e. The van der Waals surface area contributed by atoms with Crippen LogP contribution < -0.4 is 10.2 Å². The predicted octanol–water partition coefficient (Wildman–Crippen LogP) is 3.72. The molecule has 150 valence electrons. The Labute approximate surface area is 174 Å². The summed E-state index contributed by atoms with van der Waals surface area (Å²) in [5.74, 6) is 0.231. The maximum absolute atomic E-state index is 12.9. The molecule has 1 saturated heterocycles. The fourth-order valence-electron chi connectivity index (χ4n) is 3.61. The number of carbonyl (C=O) groups excluding carboxylic acids is 1. The first kappa shape index (κ1) is 19.4. The van der Waals surface area contributed by atoms with E-state index in [1.165, 1.54) is 6.20 Å². The van der Waals surface area contributed by atoms with E-state index in [1.807, 2.05) is 48.9 Å². The minimum Gasteiger partial charge on any atom is -0.344 e. The molecule has 1 aliphatic heterocycles. The summed E-state index contributed by atoms with van der Waals surface area (Å²) >= 11 is 6.22. The molecular formula is C21H23ClN6O. The Morgan fingerprint density at radius 3 is 2.62 bits per heavy atom. The van der Waals surface area contributed by atoms with Crippen LogP contribution in [0.2, 0.25) is 5.02 Å². The highest BCUT2D eigenvalue weighted by Crippen LogP contribution is 2.23. The van der Waals surface area contributed by atoms with Gasteiger partial charge in [0.2, 0.25) is 5.95 Å². The molecule has 3 aromatic rings. The van der Waals surface area contributed by atoms with Gasteiger partial charge in [0.05, 0.1) is 29.1 Å². The van der Waals surface area contributed by atoms with Gasteiger partial charge in [-0.2, -0.15) is 5.10 Å². The van der Waals surface area contributed by atoms with E-state index >= 15 is 0 Å². The molecule has 1 amide bonds. The monoisotopic (exact) mass is 410 g/mol. The highest BCUT2D eigenvalue weighted by atomic mass is 35.5. The van der Waals surface area contributed by atoms with Gasteiger partial charge in [0.25, 0.3) is 5.91 Å². The lowest BCUT2D eigenvalue weighted by Crippen LogP contribution is -2.29. The summed E-state index contributed by atoms with van der Waals surface area (Å²) in [5, 5.41) is 7.71. The minimum atomic E-state index is -0.322. The van der Waals surface area contributed by atoms with Crippen molar-refractivity contribution in [3.63, 3.8) is 0 Å². The second kappa shape index (κ2) is 8.21. The molecule has 0 radical (unpaired) electrons. The Kier molecular flexibility index (Phi) is 5.49. The van der Waals surface area contributed by atoms with E-state index in [9.17, 15) is 4.79 Å². The molecule has 1 fully saturated rings. The van der Waals surface area contributed by atoms with Gasteiger partial charge in [-0.3, -0.25) is 4.79 Å². The first-order chi connectivity index (χ1) is 14.0. The maximum atomic E-state index is 12.9. The van der Waals surface area contributed by atoms with E-state index in [4.69, 9.17) is 11.6 Å². The summed E-state index contributed by atoms with van der Waals surface area (Å²) in [4.78, 5) is 23.7. The van der Waals surface area contributed by atoms with Crippen molar-refractivity contribution in [1.29, 1.82) is 0 Å². The molecular weight excluding hydrogens is 388 g/mol. The van der Waals surface area contributed by atoms with Crippen molar-refractivity contribution in [2.24, 2.45) is 0 Å². The van der Waals surface area contributed by atoms with Crippen molar-refractivity contribution in [3.8, 4) is 5.69 Å². The number of benzene rings is 1. The number of halogens is 1. The zero-order valence-electron chi connectivity index (χ0n) is 16.5. The van der Waals surface area contributed by atoms with Gasteiger partial charge in [-0.15, -0.1) is 0 Å². The third-order valence-corrected chi connectivity index (χ3v) is 5.47. The molecule has 8 heteroatoms. The van der Waals surface area contributed by atoms with Crippen molar-refractivity contribution in [3.05, 3.63) is 64.7 Å². The second-order valence-electron chi connectivity index (χ2n) is 7.19. The van der Waals surface area contributed by atoms with Crippen molar-refractivity contribution in [1.82, 2.24) is 25.1 Å². The molecule has 1 aliphatic rings. The summed E-state index contributed by atoms with van der Waals surface area (Å²) < 4.78 is 1.86. The van der Waals surface area contributed by atoms with Crippen molar-refractivity contribution >= 4 is 23.5 Å². The lowest BCUT2D eigenvalue weighted by atomic mass is 10.1. The molecule has 1 aromatic carbocycles. The Balaban J connectivity index is 1.53. The van der Waals surface area contributed by atoms with E-state index in [2.05, 4.69) is 25.3 Å². The van der Waals surface area contributed by atoms with Crippen LogP contribution in [0, 0.1) is 6.92 Å². The number of amides is 1. The summed E-state index contributed by atoms with van der Waals surface area (Å²) in [5.41, 5.74) is 3.08. The van der Waals surface area contributed by atoms with Crippen LogP contribution in [0.1, 0.15) is 47.6 Å². The van der Waals surface area contributed by atoms with Gasteiger partial charge in [-0.1, -0.05) is 29.8 Å². The van der Waals surface area contributed by atoms with Crippen LogP contribution in [0.25, 0.3) is 5.69 Å². The molecule has 1 unspecified atom stereocenters. The SMILES string of the molecule is Cc1c(C(C)NC(=O)c2nc(N3CCCC3)ncc2Cl)cnn1-c1ccccc1. The number of hydrogen-bond acceptors (Lipinski definition) is 5. The molecule has 3 heterocycles. The van der Waals surface area contributed by atoms with E-state index < -0.39 is 0 Å². The van der Waals surface area contributed by atoms with Crippen LogP contribution in [0.3, 0.4) is 0 Å². The van der Waals surface area contributed by atoms with Crippen LogP contribution in [0.5, 0.6) is 0 Å². The predicted molar refractivity (Wildman–Crippen MR) is 113 cm³/mol. The van der Waals surface area contributed by atoms with Gasteiger partial charge in [-0.25, -0.2) is 14.6 Å². The number of nitrogens with one attached hydrogen (secondary N) is 1. The Morgan fingerprint density at radius 1 is 1.17 bits per heavy atom. The average molecular weight is 411 g/mol. The zero-order valence-corrected chi connectivity index (χ0v) is 17.2. The highest BCUT2D eigenvalue weighted by molar-refractivity contribution is 6.33. The van der Waals surface area contributed by atoms with Crippen LogP contribution >= 0.6 is 11.6 Å². The van der Waals surface area contributed by atoms with E-state index in [0.29, 0.717) is 5.95 Å². The number of hydrogen-bond donors (Lipinski definition) is 1. The zero-order chi connectivity index (χ0) is 20.4. The highest BCUT2D eigenvalue weighted by Gasteiger charge is 2.22. The smallest absolute Gasteiger partial charge is 0.272 e. The van der Waals surface area contributed by atoms with Gasteiger partial charge >= 0.3 is 0 Å². The summed E-state index contributed by atoms with van der Waals surface area (Å²) in [6.07, 6.45) is 5.50. The van der Waals surface area contributed by atoms with Crippen molar-refractivity contribution in [2.75, 3.05) is 18.0 Å². The first-order valence-electron chi connectivity index (χ1n) is 9.73. The summed E-state index contributed by atoms with van der Waals surface area (Å²) in [6.45, 7) is 5.71. The number of aromatic nitrogens is 4. The number of anilines is 1. The van der Waals surface area contributed by atoms with Crippen molar-refractivity contribution in [2.45, 2.75) is 32.7 Å². The maximum Gasteiger partial charge on any atom is 0.272 e. The Hall–Kier alpha value is -2.93. The molecule has 1 atom stereocenters. The number of para-hydroxylation sites is 1. The standard InChI is InChI=1S/C21H23ClN6O/c1-14(17-12-24-28(15(17)2)16-8-4-3-5-9-16)25-20(29)19-18(22)13-23-21(26-19)27-10-6-7-11-27/h3-5,8-9,12-14H,6-7,10-11H2,1-2H3,(H,25,29). The molecule has 0 bridgehead atoms. The van der Waals surface area contributed by atoms with Crippen molar-refractivity contribution < 1.29 is 4.79 Å². The summed E-state index contributed by atoms with van der Waals surface area (Å²) in [7, 11) is 0. The Bertz CT molecular complexity index is 1010. The minimum absolute atomic E-state index is 0.198. The molecule has 1 N–H and O–H groups in total. The number of carbonyl (C=O) groups is 1. The molecule has 0 spiro atoms. The van der Waals surface area contributed by atoms with Crippen LogP contribution in [-0.4, -0.2) is 38.7 Å². The normalized spacial score (nSPS) is 14.8. The lowest BCUT2D eigenvalue weighted by Gasteiger charge is -2.17. The fourth-order valence-corrected chi connectivity index (χ4v) is 3.78. The number of nitrogens with zero attached hydrogens (tertiary/aromatic N) is 5. The molecule has 29 heavy (non-hydrogen) atoms. The molecule has 7 nitrogen and oxygen atoms in total. The van der Waals surface area contributed by atoms with E-state index in [0.717, 1.165) is 42.9 Å².